The minimum absolute atomic E-state index is 0.193. The smallest absolute Gasteiger partial charge is 0.302 e. The molecule has 1 rings (SSSR count). The van der Waals surface area contributed by atoms with Crippen molar-refractivity contribution in [3.63, 3.8) is 0 Å². The highest BCUT2D eigenvalue weighted by atomic mass is 16.5. The van der Waals surface area contributed by atoms with Crippen LogP contribution in [-0.4, -0.2) is 12.6 Å². The van der Waals surface area contributed by atoms with Crippen molar-refractivity contribution in [1.29, 1.82) is 0 Å². The Labute approximate surface area is 80.0 Å². The van der Waals surface area contributed by atoms with Gasteiger partial charge in [0.1, 0.15) is 6.61 Å². The Morgan fingerprint density at radius 3 is 2.69 bits per heavy atom. The van der Waals surface area contributed by atoms with Gasteiger partial charge < -0.3 is 4.74 Å². The number of esters is 1. The van der Waals surface area contributed by atoms with Gasteiger partial charge in [-0.2, -0.15) is 0 Å². The summed E-state index contributed by atoms with van der Waals surface area (Å²) < 4.78 is 4.86. The first-order chi connectivity index (χ1) is 6.18. The lowest BCUT2D eigenvalue weighted by Gasteiger charge is -2.19. The van der Waals surface area contributed by atoms with Crippen molar-refractivity contribution in [2.75, 3.05) is 6.61 Å². The lowest BCUT2D eigenvalue weighted by atomic mass is 9.87. The summed E-state index contributed by atoms with van der Waals surface area (Å²) in [6, 6.07) is 0. The second-order valence-electron chi connectivity index (χ2n) is 3.85. The summed E-state index contributed by atoms with van der Waals surface area (Å²) in [6.45, 7) is 4.20. The maximum absolute atomic E-state index is 10.5. The third kappa shape index (κ3) is 4.11. The van der Waals surface area contributed by atoms with Gasteiger partial charge in [0.05, 0.1) is 0 Å². The highest BCUT2D eigenvalue weighted by Gasteiger charge is 2.11. The Kier molecular flexibility index (Phi) is 4.00. The van der Waals surface area contributed by atoms with Gasteiger partial charge in [0.25, 0.3) is 0 Å². The zero-order valence-electron chi connectivity index (χ0n) is 8.51. The minimum atomic E-state index is -0.193. The molecule has 0 aromatic rings. The van der Waals surface area contributed by atoms with Crippen LogP contribution >= 0.6 is 0 Å². The summed E-state index contributed by atoms with van der Waals surface area (Å²) in [5.74, 6) is 0.673. The summed E-state index contributed by atoms with van der Waals surface area (Å²) in [6.07, 6.45) is 7.00. The van der Waals surface area contributed by atoms with Crippen molar-refractivity contribution >= 4 is 5.97 Å². The summed E-state index contributed by atoms with van der Waals surface area (Å²) in [7, 11) is 0. The Hall–Kier alpha value is -0.790. The van der Waals surface area contributed by atoms with Crippen molar-refractivity contribution in [3.05, 3.63) is 11.6 Å². The number of allylic oxidation sites excluding steroid dienone is 1. The molecule has 74 valence electrons. The van der Waals surface area contributed by atoms with Crippen LogP contribution in [0.4, 0.5) is 0 Å². The van der Waals surface area contributed by atoms with Crippen molar-refractivity contribution in [1.82, 2.24) is 0 Å². The number of rotatable bonds is 2. The van der Waals surface area contributed by atoms with E-state index in [4.69, 9.17) is 4.74 Å². The van der Waals surface area contributed by atoms with Gasteiger partial charge in [0, 0.05) is 6.92 Å². The van der Waals surface area contributed by atoms with Gasteiger partial charge in [-0.05, 0) is 37.7 Å². The van der Waals surface area contributed by atoms with Crippen LogP contribution in [0.25, 0.3) is 0 Å². The number of ether oxygens (including phenoxy) is 1. The van der Waals surface area contributed by atoms with Gasteiger partial charge >= 0.3 is 5.97 Å². The summed E-state index contributed by atoms with van der Waals surface area (Å²) in [5.41, 5.74) is 1.46. The van der Waals surface area contributed by atoms with E-state index in [1.807, 2.05) is 0 Å². The Morgan fingerprint density at radius 1 is 1.54 bits per heavy atom. The van der Waals surface area contributed by atoms with Gasteiger partial charge in [0.2, 0.25) is 0 Å². The molecular weight excluding hydrogens is 164 g/mol. The molecule has 1 fully saturated rings. The monoisotopic (exact) mass is 182 g/mol. The van der Waals surface area contributed by atoms with Gasteiger partial charge in [-0.25, -0.2) is 0 Å². The molecule has 0 amide bonds. The quantitative estimate of drug-likeness (QED) is 0.485. The van der Waals surface area contributed by atoms with Crippen LogP contribution in [0.3, 0.4) is 0 Å². The van der Waals surface area contributed by atoms with Crippen LogP contribution in [0.1, 0.15) is 39.5 Å². The van der Waals surface area contributed by atoms with E-state index in [0.717, 1.165) is 5.92 Å². The zero-order valence-corrected chi connectivity index (χ0v) is 8.51. The fraction of sp³-hybridized carbons (Fsp3) is 0.727. The first-order valence-electron chi connectivity index (χ1n) is 4.99. The zero-order chi connectivity index (χ0) is 9.68. The summed E-state index contributed by atoms with van der Waals surface area (Å²) in [4.78, 5) is 10.5. The minimum Gasteiger partial charge on any atom is -0.462 e. The topological polar surface area (TPSA) is 26.3 Å². The summed E-state index contributed by atoms with van der Waals surface area (Å²) >= 11 is 0. The largest absolute Gasteiger partial charge is 0.462 e. The highest BCUT2D eigenvalue weighted by molar-refractivity contribution is 5.66. The molecule has 0 N–H and O–H groups in total. The molecule has 0 heterocycles. The van der Waals surface area contributed by atoms with E-state index in [9.17, 15) is 4.79 Å². The van der Waals surface area contributed by atoms with Crippen molar-refractivity contribution in [2.24, 2.45) is 5.92 Å². The van der Waals surface area contributed by atoms with E-state index in [0.29, 0.717) is 6.61 Å². The van der Waals surface area contributed by atoms with Gasteiger partial charge in [-0.1, -0.05) is 12.5 Å². The number of carbonyl (C=O) groups is 1. The lowest BCUT2D eigenvalue weighted by Crippen LogP contribution is -2.05. The van der Waals surface area contributed by atoms with Crippen LogP contribution in [0, 0.1) is 5.92 Å². The fourth-order valence-corrected chi connectivity index (χ4v) is 1.61. The maximum Gasteiger partial charge on any atom is 0.302 e. The molecule has 0 saturated heterocycles. The molecule has 0 aromatic heterocycles. The van der Waals surface area contributed by atoms with Gasteiger partial charge in [-0.3, -0.25) is 4.79 Å². The Balaban J connectivity index is 2.23. The van der Waals surface area contributed by atoms with Crippen LogP contribution in [-0.2, 0) is 9.53 Å². The highest BCUT2D eigenvalue weighted by Crippen LogP contribution is 2.27. The van der Waals surface area contributed by atoms with E-state index < -0.39 is 0 Å². The molecule has 0 aliphatic heterocycles. The van der Waals surface area contributed by atoms with E-state index in [1.54, 1.807) is 0 Å². The van der Waals surface area contributed by atoms with Gasteiger partial charge in [-0.15, -0.1) is 0 Å². The normalized spacial score (nSPS) is 22.6. The molecule has 1 saturated carbocycles. The molecule has 0 unspecified atom stereocenters. The first kappa shape index (κ1) is 10.3. The van der Waals surface area contributed by atoms with E-state index in [-0.39, 0.29) is 5.97 Å². The number of carbonyl (C=O) groups excluding carboxylic acids is 1. The van der Waals surface area contributed by atoms with Crippen LogP contribution < -0.4 is 0 Å². The molecule has 0 radical (unpaired) electrons. The molecule has 0 spiro atoms. The third-order valence-corrected chi connectivity index (χ3v) is 2.58. The molecule has 1 aliphatic rings. The van der Waals surface area contributed by atoms with Crippen molar-refractivity contribution < 1.29 is 9.53 Å². The fourth-order valence-electron chi connectivity index (χ4n) is 1.61. The molecule has 1 aliphatic carbocycles. The van der Waals surface area contributed by atoms with E-state index >= 15 is 0 Å². The molecule has 13 heavy (non-hydrogen) atoms. The van der Waals surface area contributed by atoms with Crippen LogP contribution in [0.5, 0.6) is 0 Å². The van der Waals surface area contributed by atoms with Crippen molar-refractivity contribution in [3.8, 4) is 0 Å². The van der Waals surface area contributed by atoms with E-state index in [2.05, 4.69) is 13.0 Å². The average Bonchev–Trinajstić information content (AvgIpc) is 2.08. The standard InChI is InChI=1S/C11H18O2/c1-9-3-5-11(6-4-9)7-8-13-10(2)12/h7,9H,3-6,8H2,1-2H3. The predicted octanol–water partition coefficient (Wildman–Crippen LogP) is 2.69. The summed E-state index contributed by atoms with van der Waals surface area (Å²) in [5, 5.41) is 0. The first-order valence-corrected chi connectivity index (χ1v) is 4.99. The molecule has 0 atom stereocenters. The lowest BCUT2D eigenvalue weighted by molar-refractivity contribution is -0.139. The molecule has 0 bridgehead atoms. The number of hydrogen-bond donors (Lipinski definition) is 0. The predicted molar refractivity (Wildman–Crippen MR) is 52.3 cm³/mol. The van der Waals surface area contributed by atoms with Crippen LogP contribution in [0.15, 0.2) is 11.6 Å². The molecule has 0 aromatic carbocycles. The average molecular weight is 182 g/mol. The second kappa shape index (κ2) is 5.05. The SMILES string of the molecule is CC(=O)OCC=C1CCC(C)CC1. The van der Waals surface area contributed by atoms with E-state index in [1.165, 1.54) is 38.2 Å². The second-order valence-corrected chi connectivity index (χ2v) is 3.85. The Morgan fingerprint density at radius 2 is 2.15 bits per heavy atom. The Bertz CT molecular complexity index is 196. The van der Waals surface area contributed by atoms with Crippen LogP contribution in [0.2, 0.25) is 0 Å². The maximum atomic E-state index is 10.5. The van der Waals surface area contributed by atoms with Crippen molar-refractivity contribution in [2.45, 2.75) is 39.5 Å². The molecule has 2 heteroatoms. The molecule has 2 nitrogen and oxygen atoms in total. The molecular formula is C11H18O2. The number of hydrogen-bond acceptors (Lipinski definition) is 2. The van der Waals surface area contributed by atoms with Gasteiger partial charge in [0.15, 0.2) is 0 Å². The third-order valence-electron chi connectivity index (χ3n) is 2.58.